The van der Waals surface area contributed by atoms with Crippen molar-refractivity contribution in [2.75, 3.05) is 26.0 Å². The van der Waals surface area contributed by atoms with Crippen LogP contribution in [0.5, 0.6) is 0 Å². The normalized spacial score (nSPS) is 12.4. The summed E-state index contributed by atoms with van der Waals surface area (Å²) in [5.74, 6) is -0.226. The van der Waals surface area contributed by atoms with Crippen LogP contribution in [0.2, 0.25) is 5.02 Å². The molecule has 1 heterocycles. The van der Waals surface area contributed by atoms with E-state index in [2.05, 4.69) is 15.2 Å². The maximum atomic E-state index is 13.0. The fourth-order valence-electron chi connectivity index (χ4n) is 2.01. The van der Waals surface area contributed by atoms with Gasteiger partial charge >= 0.3 is 0 Å². The van der Waals surface area contributed by atoms with Gasteiger partial charge in [-0.05, 0) is 37.9 Å². The van der Waals surface area contributed by atoms with E-state index in [0.29, 0.717) is 11.6 Å². The van der Waals surface area contributed by atoms with Crippen molar-refractivity contribution >= 4 is 17.3 Å². The van der Waals surface area contributed by atoms with Crippen LogP contribution in [0.1, 0.15) is 11.6 Å². The topological polar surface area (TPSA) is 28.2 Å². The second-order valence-corrected chi connectivity index (χ2v) is 5.17. The highest BCUT2D eigenvalue weighted by atomic mass is 35.5. The molecule has 0 aliphatic heterocycles. The number of nitrogens with zero attached hydrogens (tertiary/aromatic N) is 2. The minimum atomic E-state index is -0.226. The highest BCUT2D eigenvalue weighted by Gasteiger charge is 2.14. The molecule has 106 valence electrons. The van der Waals surface area contributed by atoms with Crippen molar-refractivity contribution in [1.29, 1.82) is 0 Å². The summed E-state index contributed by atoms with van der Waals surface area (Å²) >= 11 is 6.07. The maximum Gasteiger partial charge on any atom is 0.123 e. The number of hydrogen-bond acceptors (Lipinski definition) is 3. The zero-order valence-corrected chi connectivity index (χ0v) is 12.2. The first kappa shape index (κ1) is 14.8. The van der Waals surface area contributed by atoms with Crippen LogP contribution in [0, 0.1) is 5.82 Å². The van der Waals surface area contributed by atoms with Crippen molar-refractivity contribution in [2.45, 2.75) is 6.04 Å². The van der Waals surface area contributed by atoms with Gasteiger partial charge in [-0.15, -0.1) is 0 Å². The number of halogens is 2. The first-order valence-corrected chi connectivity index (χ1v) is 6.71. The molecule has 1 unspecified atom stereocenters. The predicted octanol–water partition coefficient (Wildman–Crippen LogP) is 3.59. The van der Waals surface area contributed by atoms with Crippen LogP contribution < -0.4 is 5.32 Å². The van der Waals surface area contributed by atoms with E-state index in [1.807, 2.05) is 20.2 Å². The molecule has 0 bridgehead atoms. The molecule has 5 heteroatoms. The Bertz CT molecular complexity index is 557. The molecule has 0 spiro atoms. The minimum Gasteiger partial charge on any atom is -0.382 e. The van der Waals surface area contributed by atoms with E-state index in [9.17, 15) is 4.39 Å². The summed E-state index contributed by atoms with van der Waals surface area (Å²) in [6, 6.07) is 8.52. The third-order valence-electron chi connectivity index (χ3n) is 3.14. The third-order valence-corrected chi connectivity index (χ3v) is 3.44. The van der Waals surface area contributed by atoms with Gasteiger partial charge in [0.2, 0.25) is 0 Å². The van der Waals surface area contributed by atoms with Gasteiger partial charge in [0, 0.05) is 18.9 Å². The molecule has 0 aliphatic rings. The zero-order valence-electron chi connectivity index (χ0n) is 11.5. The molecule has 20 heavy (non-hydrogen) atoms. The van der Waals surface area contributed by atoms with Gasteiger partial charge in [0.15, 0.2) is 0 Å². The largest absolute Gasteiger partial charge is 0.382 e. The number of rotatable bonds is 5. The summed E-state index contributed by atoms with van der Waals surface area (Å²) < 4.78 is 13.0. The molecule has 0 amide bonds. The van der Waals surface area contributed by atoms with Crippen LogP contribution in [0.4, 0.5) is 10.1 Å². The lowest BCUT2D eigenvalue weighted by molar-refractivity contribution is 0.311. The summed E-state index contributed by atoms with van der Waals surface area (Å²) in [4.78, 5) is 6.03. The van der Waals surface area contributed by atoms with Crippen LogP contribution in [0.25, 0.3) is 0 Å². The first-order valence-electron chi connectivity index (χ1n) is 6.33. The van der Waals surface area contributed by atoms with E-state index in [1.54, 1.807) is 24.5 Å². The third kappa shape index (κ3) is 3.68. The number of hydrogen-bond donors (Lipinski definition) is 1. The molecule has 2 rings (SSSR count). The van der Waals surface area contributed by atoms with Crippen LogP contribution in [-0.4, -0.2) is 30.5 Å². The summed E-state index contributed by atoms with van der Waals surface area (Å²) in [7, 11) is 3.98. The van der Waals surface area contributed by atoms with Gasteiger partial charge in [-0.1, -0.05) is 23.7 Å². The fraction of sp³-hybridized carbons (Fsp3) is 0.267. The van der Waals surface area contributed by atoms with Gasteiger partial charge in [0.25, 0.3) is 0 Å². The molecular formula is C15H17ClFN3. The number of pyridine rings is 1. The number of anilines is 1. The monoisotopic (exact) mass is 293 g/mol. The lowest BCUT2D eigenvalue weighted by atomic mass is 10.1. The van der Waals surface area contributed by atoms with Gasteiger partial charge in [-0.2, -0.15) is 0 Å². The summed E-state index contributed by atoms with van der Waals surface area (Å²) in [5.41, 5.74) is 1.89. The van der Waals surface area contributed by atoms with Gasteiger partial charge < -0.3 is 10.2 Å². The molecule has 0 saturated carbocycles. The van der Waals surface area contributed by atoms with Gasteiger partial charge in [0.1, 0.15) is 5.82 Å². The van der Waals surface area contributed by atoms with E-state index in [4.69, 9.17) is 11.6 Å². The number of likely N-dealkylation sites (N-methyl/N-ethyl adjacent to an activating group) is 1. The Labute approximate surface area is 123 Å². The Kier molecular flexibility index (Phi) is 4.93. The standard InChI is InChI=1S/C15H17ClFN3/c1-20(2)15(11-3-5-12(17)6-4-11)10-19-14-7-8-18-9-13(14)16/h3-9,15H,10H2,1-2H3,(H,18,19). The second-order valence-electron chi connectivity index (χ2n) is 4.77. The Morgan fingerprint density at radius 3 is 2.55 bits per heavy atom. The highest BCUT2D eigenvalue weighted by molar-refractivity contribution is 6.33. The van der Waals surface area contributed by atoms with Crippen molar-refractivity contribution < 1.29 is 4.39 Å². The summed E-state index contributed by atoms with van der Waals surface area (Å²) in [6.45, 7) is 0.669. The zero-order chi connectivity index (χ0) is 14.5. The van der Waals surface area contributed by atoms with Crippen molar-refractivity contribution in [1.82, 2.24) is 9.88 Å². The lowest BCUT2D eigenvalue weighted by Crippen LogP contribution is -2.26. The molecule has 0 radical (unpaired) electrons. The summed E-state index contributed by atoms with van der Waals surface area (Å²) in [5, 5.41) is 3.89. The van der Waals surface area contributed by atoms with Gasteiger partial charge in [-0.3, -0.25) is 4.98 Å². The van der Waals surface area contributed by atoms with Gasteiger partial charge in [-0.25, -0.2) is 4.39 Å². The van der Waals surface area contributed by atoms with Crippen molar-refractivity contribution in [3.05, 3.63) is 59.1 Å². The second kappa shape index (κ2) is 6.68. The predicted molar refractivity (Wildman–Crippen MR) is 80.6 cm³/mol. The highest BCUT2D eigenvalue weighted by Crippen LogP contribution is 2.23. The Morgan fingerprint density at radius 2 is 1.95 bits per heavy atom. The van der Waals surface area contributed by atoms with Gasteiger partial charge in [0.05, 0.1) is 16.8 Å². The van der Waals surface area contributed by atoms with Crippen LogP contribution in [0.3, 0.4) is 0 Å². The Balaban J connectivity index is 2.11. The molecule has 1 N–H and O–H groups in total. The number of nitrogens with one attached hydrogen (secondary N) is 1. The van der Waals surface area contributed by atoms with Crippen LogP contribution >= 0.6 is 11.6 Å². The molecule has 0 saturated heterocycles. The maximum absolute atomic E-state index is 13.0. The van der Waals surface area contributed by atoms with Crippen molar-refractivity contribution in [3.8, 4) is 0 Å². The lowest BCUT2D eigenvalue weighted by Gasteiger charge is -2.25. The Morgan fingerprint density at radius 1 is 1.25 bits per heavy atom. The molecule has 1 atom stereocenters. The van der Waals surface area contributed by atoms with Crippen LogP contribution in [0.15, 0.2) is 42.7 Å². The Hall–Kier alpha value is -1.65. The van der Waals surface area contributed by atoms with Crippen molar-refractivity contribution in [3.63, 3.8) is 0 Å². The average Bonchev–Trinajstić information content (AvgIpc) is 2.42. The first-order chi connectivity index (χ1) is 9.58. The SMILES string of the molecule is CN(C)C(CNc1ccncc1Cl)c1ccc(F)cc1. The molecular weight excluding hydrogens is 277 g/mol. The van der Waals surface area contributed by atoms with E-state index in [1.165, 1.54) is 12.1 Å². The minimum absolute atomic E-state index is 0.125. The van der Waals surface area contributed by atoms with E-state index >= 15 is 0 Å². The quantitative estimate of drug-likeness (QED) is 0.913. The molecule has 0 aliphatic carbocycles. The van der Waals surface area contributed by atoms with E-state index in [-0.39, 0.29) is 11.9 Å². The van der Waals surface area contributed by atoms with E-state index < -0.39 is 0 Å². The summed E-state index contributed by atoms with van der Waals surface area (Å²) in [6.07, 6.45) is 3.29. The molecule has 2 aromatic rings. The molecule has 1 aromatic heterocycles. The average molecular weight is 294 g/mol. The van der Waals surface area contributed by atoms with E-state index in [0.717, 1.165) is 11.3 Å². The smallest absolute Gasteiger partial charge is 0.123 e. The molecule has 3 nitrogen and oxygen atoms in total. The number of aromatic nitrogens is 1. The van der Waals surface area contributed by atoms with Crippen LogP contribution in [-0.2, 0) is 0 Å². The molecule has 1 aromatic carbocycles. The number of benzene rings is 1. The van der Waals surface area contributed by atoms with Crippen molar-refractivity contribution in [2.24, 2.45) is 0 Å². The fourth-order valence-corrected chi connectivity index (χ4v) is 2.19. The molecule has 0 fully saturated rings.